The first kappa shape index (κ1) is 26.1. The number of carbonyl (C=O) groups is 3. The number of nitrogens with zero attached hydrogens (tertiary/aromatic N) is 5. The maximum atomic E-state index is 12.8. The number of oxime groups is 1. The van der Waals surface area contributed by atoms with Gasteiger partial charge in [0, 0.05) is 16.9 Å². The van der Waals surface area contributed by atoms with Gasteiger partial charge in [0.1, 0.15) is 30.0 Å². The molecule has 2 atom stereocenters. The van der Waals surface area contributed by atoms with Crippen molar-refractivity contribution in [1.82, 2.24) is 24.6 Å². The average molecular weight is 535 g/mol. The largest absolute Gasteiger partial charge is 1.00 e. The van der Waals surface area contributed by atoms with Crippen LogP contribution >= 0.6 is 46.4 Å². The fourth-order valence-corrected chi connectivity index (χ4v) is 6.77. The molecule has 1 N–H and O–H groups in total. The molecule has 4 rings (SSSR count). The molecule has 0 aromatic carbocycles. The summed E-state index contributed by atoms with van der Waals surface area (Å²) >= 11 is 5.24. The number of carboxylic acids is 1. The molecule has 0 aliphatic carbocycles. The number of aromatic nitrogens is 3. The molecule has 0 saturated carbocycles. The number of aryl methyl sites for hydroxylation is 1. The smallest absolute Gasteiger partial charge is 0.543 e. The molecule has 0 spiro atoms. The molecular weight excluding hydrogens is 519 g/mol. The van der Waals surface area contributed by atoms with Crippen LogP contribution < -0.4 is 40.0 Å². The number of amides is 2. The normalized spacial score (nSPS) is 20.0. The molecule has 4 heterocycles. The third-order valence-electron chi connectivity index (χ3n) is 4.48. The fraction of sp³-hybridized carbons (Fsp3) is 0.353. The Bertz CT molecular complexity index is 1120. The number of nitrogens with one attached hydrogen (secondary N) is 1. The minimum absolute atomic E-state index is 0. The van der Waals surface area contributed by atoms with Crippen LogP contribution in [0, 0.1) is 6.92 Å². The van der Waals surface area contributed by atoms with Gasteiger partial charge in [-0.3, -0.25) is 14.5 Å². The first-order chi connectivity index (χ1) is 15.4. The van der Waals surface area contributed by atoms with Crippen molar-refractivity contribution < 1.29 is 53.9 Å². The minimum Gasteiger partial charge on any atom is -0.543 e. The standard InChI is InChI=1S/C17H16N6O5S4.Na/c1-7-19-17(32-22-7)31-4-8-3-30-15-11(14(25)23(15)12(8)16(26)27)20-13(24)10(21-28-2)9-5-29-6-18-9;/h5-6,11,15H,3-4H2,1-2H3,(H,20,24)(H,26,27);/q;+1/p-1/b21-10-;/t11?,15-;/m0./s1. The number of hydrogen-bond donors (Lipinski definition) is 1. The number of carboxylic acid groups (broad SMARTS) is 1. The van der Waals surface area contributed by atoms with E-state index < -0.39 is 29.2 Å². The summed E-state index contributed by atoms with van der Waals surface area (Å²) in [5.41, 5.74) is 2.20. The van der Waals surface area contributed by atoms with Crippen molar-refractivity contribution in [3.05, 3.63) is 33.7 Å². The van der Waals surface area contributed by atoms with Gasteiger partial charge in [0.2, 0.25) is 0 Å². The second kappa shape index (κ2) is 11.3. The molecule has 2 aliphatic heterocycles. The average Bonchev–Trinajstić information content (AvgIpc) is 3.45. The zero-order chi connectivity index (χ0) is 22.8. The number of hydrogen-bond acceptors (Lipinski definition) is 13. The van der Waals surface area contributed by atoms with Gasteiger partial charge in [-0.05, 0) is 24.0 Å². The van der Waals surface area contributed by atoms with E-state index in [1.54, 1.807) is 17.8 Å². The Balaban J connectivity index is 0.00000306. The van der Waals surface area contributed by atoms with Gasteiger partial charge < -0.3 is 20.1 Å². The summed E-state index contributed by atoms with van der Waals surface area (Å²) in [4.78, 5) is 51.6. The SMILES string of the molecule is CO/N=C(\C(=O)NC1C(=O)N2C(C(=O)[O-])=C(CSc3nc(C)ns3)CS[C@@H]12)c1cscn1.[Na+]. The summed E-state index contributed by atoms with van der Waals surface area (Å²) in [6.07, 6.45) is 0. The predicted octanol–water partition coefficient (Wildman–Crippen LogP) is -3.15. The Kier molecular flexibility index (Phi) is 8.94. The molecule has 11 nitrogen and oxygen atoms in total. The van der Waals surface area contributed by atoms with Crippen LogP contribution in [0.2, 0.25) is 0 Å². The van der Waals surface area contributed by atoms with E-state index >= 15 is 0 Å². The number of thioether (sulfide) groups is 2. The molecule has 2 amide bonds. The van der Waals surface area contributed by atoms with Crippen molar-refractivity contribution >= 4 is 69.9 Å². The predicted molar refractivity (Wildman–Crippen MR) is 118 cm³/mol. The molecule has 1 saturated heterocycles. The number of rotatable bonds is 8. The van der Waals surface area contributed by atoms with Gasteiger partial charge in [0.05, 0.1) is 17.2 Å². The maximum Gasteiger partial charge on any atom is 1.00 e. The van der Waals surface area contributed by atoms with Gasteiger partial charge in [-0.2, -0.15) is 4.37 Å². The fourth-order valence-electron chi connectivity index (χ4n) is 3.10. The topological polar surface area (TPSA) is 150 Å². The Morgan fingerprint density at radius 3 is 2.85 bits per heavy atom. The summed E-state index contributed by atoms with van der Waals surface area (Å²) in [5.74, 6) is -1.23. The van der Waals surface area contributed by atoms with Crippen LogP contribution in [0.25, 0.3) is 0 Å². The van der Waals surface area contributed by atoms with Crippen LogP contribution in [0.15, 0.2) is 31.7 Å². The molecule has 16 heteroatoms. The van der Waals surface area contributed by atoms with Crippen molar-refractivity contribution in [3.8, 4) is 0 Å². The molecule has 2 aromatic rings. The number of carbonyl (C=O) groups excluding carboxylic acids is 3. The quantitative estimate of drug-likeness (QED) is 0.121. The molecular formula is C17H15N6NaO5S4. The summed E-state index contributed by atoms with van der Waals surface area (Å²) in [6.45, 7) is 1.78. The van der Waals surface area contributed by atoms with Crippen LogP contribution in [-0.4, -0.2) is 72.8 Å². The van der Waals surface area contributed by atoms with Crippen LogP contribution in [0.3, 0.4) is 0 Å². The van der Waals surface area contributed by atoms with E-state index in [4.69, 9.17) is 4.84 Å². The van der Waals surface area contributed by atoms with Crippen molar-refractivity contribution in [2.24, 2.45) is 5.16 Å². The van der Waals surface area contributed by atoms with E-state index in [-0.39, 0.29) is 41.0 Å². The van der Waals surface area contributed by atoms with E-state index in [1.165, 1.54) is 58.4 Å². The second-order valence-corrected chi connectivity index (χ2v) is 10.3. The molecule has 1 fully saturated rings. The number of β-lactam (4-membered cyclic amide) rings is 1. The number of fused-ring (bicyclic) bond motifs is 1. The monoisotopic (exact) mass is 534 g/mol. The number of thiazole rings is 1. The van der Waals surface area contributed by atoms with Gasteiger partial charge in [-0.15, -0.1) is 23.1 Å². The summed E-state index contributed by atoms with van der Waals surface area (Å²) in [6, 6.07) is -0.900. The Morgan fingerprint density at radius 1 is 1.45 bits per heavy atom. The van der Waals surface area contributed by atoms with Crippen LogP contribution in [0.1, 0.15) is 11.5 Å². The maximum absolute atomic E-state index is 12.8. The summed E-state index contributed by atoms with van der Waals surface area (Å²) < 4.78 is 4.82. The first-order valence-electron chi connectivity index (χ1n) is 9.02. The van der Waals surface area contributed by atoms with Gasteiger partial charge in [0.25, 0.3) is 11.8 Å². The Morgan fingerprint density at radius 2 is 2.24 bits per heavy atom. The van der Waals surface area contributed by atoms with Crippen molar-refractivity contribution in [1.29, 1.82) is 0 Å². The molecule has 2 aliphatic rings. The van der Waals surface area contributed by atoms with Crippen molar-refractivity contribution in [2.75, 3.05) is 18.6 Å². The number of aliphatic carboxylic acids is 1. The molecule has 168 valence electrons. The van der Waals surface area contributed by atoms with Crippen LogP contribution in [-0.2, 0) is 19.2 Å². The van der Waals surface area contributed by atoms with E-state index in [9.17, 15) is 19.5 Å². The third kappa shape index (κ3) is 5.44. The van der Waals surface area contributed by atoms with Gasteiger partial charge >= 0.3 is 29.6 Å². The van der Waals surface area contributed by atoms with Crippen molar-refractivity contribution in [3.63, 3.8) is 0 Å². The Labute approximate surface area is 226 Å². The minimum atomic E-state index is -1.43. The van der Waals surface area contributed by atoms with Crippen LogP contribution in [0.4, 0.5) is 0 Å². The molecule has 0 radical (unpaired) electrons. The van der Waals surface area contributed by atoms with Gasteiger partial charge in [-0.25, -0.2) is 9.97 Å². The van der Waals surface area contributed by atoms with E-state index in [2.05, 4.69) is 24.8 Å². The molecule has 2 aromatic heterocycles. The Hall–Kier alpha value is -1.49. The first-order valence-corrected chi connectivity index (χ1v) is 12.8. The second-order valence-electron chi connectivity index (χ2n) is 6.49. The third-order valence-corrected chi connectivity index (χ3v) is 8.42. The van der Waals surface area contributed by atoms with E-state index in [0.29, 0.717) is 32.9 Å². The van der Waals surface area contributed by atoms with Gasteiger partial charge in [-0.1, -0.05) is 16.9 Å². The molecule has 33 heavy (non-hydrogen) atoms. The summed E-state index contributed by atoms with van der Waals surface area (Å²) in [7, 11) is 1.30. The van der Waals surface area contributed by atoms with Crippen LogP contribution in [0.5, 0.6) is 0 Å². The molecule has 1 unspecified atom stereocenters. The zero-order valence-electron chi connectivity index (χ0n) is 17.6. The van der Waals surface area contributed by atoms with Gasteiger partial charge in [0.15, 0.2) is 10.1 Å². The summed E-state index contributed by atoms with van der Waals surface area (Å²) in [5, 5.41) is 19.3. The van der Waals surface area contributed by atoms with E-state index in [1.807, 2.05) is 0 Å². The van der Waals surface area contributed by atoms with E-state index in [0.717, 1.165) is 0 Å². The zero-order valence-corrected chi connectivity index (χ0v) is 22.9. The molecule has 0 bridgehead atoms. The van der Waals surface area contributed by atoms with Crippen molar-refractivity contribution in [2.45, 2.75) is 22.7 Å².